The van der Waals surface area contributed by atoms with Crippen molar-refractivity contribution in [3.05, 3.63) is 33.9 Å². The van der Waals surface area contributed by atoms with E-state index < -0.39 is 16.7 Å². The maximum absolute atomic E-state index is 11.2. The zero-order valence-corrected chi connectivity index (χ0v) is 9.66. The number of benzene rings is 1. The van der Waals surface area contributed by atoms with Crippen molar-refractivity contribution in [1.29, 1.82) is 0 Å². The number of carbonyl (C=O) groups is 3. The number of nitrogens with zero attached hydrogens (tertiary/aromatic N) is 2. The fourth-order valence-corrected chi connectivity index (χ4v) is 1.82. The maximum atomic E-state index is 11.2. The van der Waals surface area contributed by atoms with Crippen LogP contribution in [0.2, 0.25) is 0 Å². The van der Waals surface area contributed by atoms with E-state index in [0.29, 0.717) is 12.0 Å². The zero-order chi connectivity index (χ0) is 14.0. The van der Waals surface area contributed by atoms with Crippen molar-refractivity contribution in [3.8, 4) is 0 Å². The molecule has 1 aromatic carbocycles. The highest BCUT2D eigenvalue weighted by Crippen LogP contribution is 2.24. The van der Waals surface area contributed by atoms with Gasteiger partial charge in [0.15, 0.2) is 6.29 Å². The van der Waals surface area contributed by atoms with Crippen molar-refractivity contribution < 1.29 is 19.3 Å². The van der Waals surface area contributed by atoms with Crippen LogP contribution in [0.5, 0.6) is 0 Å². The van der Waals surface area contributed by atoms with Gasteiger partial charge in [0, 0.05) is 11.8 Å². The number of nitrogens with one attached hydrogen (secondary N) is 1. The first-order chi connectivity index (χ1) is 9.01. The lowest BCUT2D eigenvalue weighted by atomic mass is 10.1. The van der Waals surface area contributed by atoms with Crippen molar-refractivity contribution in [2.45, 2.75) is 0 Å². The highest BCUT2D eigenvalue weighted by Gasteiger charge is 2.24. The molecule has 1 aromatic rings. The van der Waals surface area contributed by atoms with Crippen molar-refractivity contribution in [1.82, 2.24) is 5.32 Å². The maximum Gasteiger partial charge on any atom is 0.280 e. The summed E-state index contributed by atoms with van der Waals surface area (Å²) in [5.74, 6) is -0.912. The molecule has 0 bridgehead atoms. The minimum atomic E-state index is -0.665. The topological polar surface area (TPSA) is 110 Å². The molecule has 1 saturated heterocycles. The summed E-state index contributed by atoms with van der Waals surface area (Å²) in [7, 11) is 0. The van der Waals surface area contributed by atoms with Gasteiger partial charge in [0.25, 0.3) is 5.69 Å². The van der Waals surface area contributed by atoms with E-state index in [4.69, 9.17) is 0 Å². The number of hydrogen-bond donors (Lipinski definition) is 1. The number of nitro groups is 1. The highest BCUT2D eigenvalue weighted by atomic mass is 16.6. The number of piperazine rings is 1. The number of amides is 2. The lowest BCUT2D eigenvalue weighted by molar-refractivity contribution is -0.385. The Bertz CT molecular complexity index is 568. The molecule has 0 aliphatic carbocycles. The predicted molar refractivity (Wildman–Crippen MR) is 63.8 cm³/mol. The molecule has 0 unspecified atom stereocenters. The standard InChI is InChI=1S/C11H9N3O5/c15-6-7-3-8(1-2-9(7)14(18)19)13-4-10(16)12-11(17)5-13/h1-3,6H,4-5H2,(H,12,16,17). The van der Waals surface area contributed by atoms with Gasteiger partial charge in [-0.05, 0) is 12.1 Å². The number of rotatable bonds is 3. The molecule has 1 N–H and O–H groups in total. The normalized spacial score (nSPS) is 15.1. The molecule has 1 fully saturated rings. The van der Waals surface area contributed by atoms with E-state index in [-0.39, 0.29) is 24.3 Å². The van der Waals surface area contributed by atoms with Crippen LogP contribution in [-0.2, 0) is 9.59 Å². The van der Waals surface area contributed by atoms with Gasteiger partial charge in [-0.15, -0.1) is 0 Å². The van der Waals surface area contributed by atoms with Gasteiger partial charge >= 0.3 is 0 Å². The molecule has 2 amide bonds. The summed E-state index contributed by atoms with van der Waals surface area (Å²) in [4.78, 5) is 44.8. The lowest BCUT2D eigenvalue weighted by Gasteiger charge is -2.27. The molecular weight excluding hydrogens is 254 g/mol. The van der Waals surface area contributed by atoms with Gasteiger partial charge in [-0.3, -0.25) is 29.8 Å². The molecule has 19 heavy (non-hydrogen) atoms. The Hall–Kier alpha value is -2.77. The van der Waals surface area contributed by atoms with Crippen LogP contribution in [0, 0.1) is 10.1 Å². The van der Waals surface area contributed by atoms with Gasteiger partial charge < -0.3 is 4.90 Å². The monoisotopic (exact) mass is 263 g/mol. The summed E-state index contributed by atoms with van der Waals surface area (Å²) in [6.45, 7) is -0.0797. The van der Waals surface area contributed by atoms with Crippen molar-refractivity contribution >= 4 is 29.5 Å². The molecular formula is C11H9N3O5. The third-order valence-electron chi connectivity index (χ3n) is 2.65. The Morgan fingerprint density at radius 2 is 1.89 bits per heavy atom. The Morgan fingerprint density at radius 1 is 1.26 bits per heavy atom. The number of nitro benzene ring substituents is 1. The van der Waals surface area contributed by atoms with Crippen LogP contribution in [0.4, 0.5) is 11.4 Å². The van der Waals surface area contributed by atoms with E-state index in [0.717, 1.165) is 0 Å². The minimum absolute atomic E-state index is 0.0398. The molecule has 8 heteroatoms. The van der Waals surface area contributed by atoms with Crippen molar-refractivity contribution in [2.75, 3.05) is 18.0 Å². The molecule has 0 radical (unpaired) electrons. The molecule has 1 heterocycles. The molecule has 1 aliphatic rings. The van der Waals surface area contributed by atoms with Crippen LogP contribution in [-0.4, -0.2) is 36.1 Å². The van der Waals surface area contributed by atoms with Gasteiger partial charge in [0.05, 0.1) is 23.6 Å². The average Bonchev–Trinajstić information content (AvgIpc) is 2.36. The van der Waals surface area contributed by atoms with Crippen LogP contribution >= 0.6 is 0 Å². The van der Waals surface area contributed by atoms with Crippen LogP contribution < -0.4 is 10.2 Å². The zero-order valence-electron chi connectivity index (χ0n) is 9.66. The molecule has 8 nitrogen and oxygen atoms in total. The average molecular weight is 263 g/mol. The first-order valence-electron chi connectivity index (χ1n) is 5.32. The van der Waals surface area contributed by atoms with Crippen LogP contribution in [0.1, 0.15) is 10.4 Å². The van der Waals surface area contributed by atoms with Gasteiger partial charge in [0.1, 0.15) is 0 Å². The number of hydrogen-bond acceptors (Lipinski definition) is 6. The van der Waals surface area contributed by atoms with Crippen molar-refractivity contribution in [3.63, 3.8) is 0 Å². The van der Waals surface area contributed by atoms with Gasteiger partial charge in [-0.1, -0.05) is 0 Å². The van der Waals surface area contributed by atoms with E-state index in [1.165, 1.54) is 23.1 Å². The second-order valence-corrected chi connectivity index (χ2v) is 3.95. The smallest absolute Gasteiger partial charge is 0.280 e. The first kappa shape index (κ1) is 12.7. The number of imide groups is 1. The number of anilines is 1. The SMILES string of the molecule is O=Cc1cc(N2CC(=O)NC(=O)C2)ccc1[N+](=O)[O-]. The number of carbonyl (C=O) groups excluding carboxylic acids is 3. The lowest BCUT2D eigenvalue weighted by Crippen LogP contribution is -2.51. The van der Waals surface area contributed by atoms with E-state index in [9.17, 15) is 24.5 Å². The molecule has 1 aliphatic heterocycles. The Labute approximate surface area is 107 Å². The predicted octanol–water partition coefficient (Wildman–Crippen LogP) is -0.130. The Morgan fingerprint density at radius 3 is 2.42 bits per heavy atom. The minimum Gasteiger partial charge on any atom is -0.353 e. The Balaban J connectivity index is 2.35. The summed E-state index contributed by atoms with van der Waals surface area (Å²) in [5, 5.41) is 12.8. The molecule has 2 rings (SSSR count). The molecule has 0 saturated carbocycles. The van der Waals surface area contributed by atoms with E-state index in [1.807, 2.05) is 0 Å². The third-order valence-corrected chi connectivity index (χ3v) is 2.65. The van der Waals surface area contributed by atoms with E-state index >= 15 is 0 Å². The molecule has 0 atom stereocenters. The fraction of sp³-hybridized carbons (Fsp3) is 0.182. The number of aldehydes is 1. The van der Waals surface area contributed by atoms with Gasteiger partial charge in [-0.25, -0.2) is 0 Å². The van der Waals surface area contributed by atoms with Crippen LogP contribution in [0.3, 0.4) is 0 Å². The van der Waals surface area contributed by atoms with Crippen LogP contribution in [0.25, 0.3) is 0 Å². The molecule has 0 spiro atoms. The molecule has 98 valence electrons. The van der Waals surface area contributed by atoms with Crippen LogP contribution in [0.15, 0.2) is 18.2 Å². The third kappa shape index (κ3) is 2.57. The first-order valence-corrected chi connectivity index (χ1v) is 5.32. The summed E-state index contributed by atoms with van der Waals surface area (Å²) < 4.78 is 0. The van der Waals surface area contributed by atoms with Crippen molar-refractivity contribution in [2.24, 2.45) is 0 Å². The second-order valence-electron chi connectivity index (χ2n) is 3.95. The fourth-order valence-electron chi connectivity index (χ4n) is 1.82. The quantitative estimate of drug-likeness (QED) is 0.352. The highest BCUT2D eigenvalue weighted by molar-refractivity contribution is 6.02. The summed E-state index contributed by atoms with van der Waals surface area (Å²) in [5.41, 5.74) is 0.00312. The summed E-state index contributed by atoms with van der Waals surface area (Å²) in [6.07, 6.45) is 0.369. The second kappa shape index (κ2) is 4.84. The van der Waals surface area contributed by atoms with Gasteiger partial charge in [-0.2, -0.15) is 0 Å². The van der Waals surface area contributed by atoms with E-state index in [1.54, 1.807) is 0 Å². The van der Waals surface area contributed by atoms with E-state index in [2.05, 4.69) is 5.32 Å². The largest absolute Gasteiger partial charge is 0.353 e. The Kier molecular flexibility index (Phi) is 3.23. The summed E-state index contributed by atoms with van der Waals surface area (Å²) >= 11 is 0. The van der Waals surface area contributed by atoms with Gasteiger partial charge in [0.2, 0.25) is 11.8 Å². The molecule has 0 aromatic heterocycles. The summed E-state index contributed by atoms with van der Waals surface area (Å²) in [6, 6.07) is 3.87.